The first-order chi connectivity index (χ1) is 9.49. The molecule has 0 radical (unpaired) electrons. The van der Waals surface area contributed by atoms with Crippen molar-refractivity contribution >= 4 is 17.6 Å². The smallest absolute Gasteiger partial charge is 0.370 e. The van der Waals surface area contributed by atoms with E-state index in [-0.39, 0.29) is 10.8 Å². The highest BCUT2D eigenvalue weighted by Gasteiger charge is 2.35. The minimum Gasteiger partial charge on any atom is -0.370 e. The lowest BCUT2D eigenvalue weighted by Gasteiger charge is -2.10. The minimum absolute atomic E-state index is 0.135. The number of H-pyrrole nitrogens is 1. The number of hydrogen-bond donors (Lipinski definition) is 2. The summed E-state index contributed by atoms with van der Waals surface area (Å²) in [7, 11) is 0. The third-order valence-corrected chi connectivity index (χ3v) is 2.91. The Balaban J connectivity index is 2.29. The molecule has 0 saturated carbocycles. The molecule has 0 bridgehead atoms. The van der Waals surface area contributed by atoms with Gasteiger partial charge in [0.2, 0.25) is 5.82 Å². The molecule has 2 rings (SSSR count). The largest absolute Gasteiger partial charge is 0.451 e. The van der Waals surface area contributed by atoms with Crippen LogP contribution in [0.25, 0.3) is 0 Å². The minimum atomic E-state index is -4.60. The Labute approximate surface area is 116 Å². The van der Waals surface area contributed by atoms with Gasteiger partial charge in [0.15, 0.2) is 5.16 Å². The Morgan fingerprint density at radius 2 is 2.15 bits per heavy atom. The van der Waals surface area contributed by atoms with Crippen molar-refractivity contribution in [1.29, 1.82) is 0 Å². The number of aromatic amines is 1. The topological polar surface area (TPSA) is 79.4 Å². The van der Waals surface area contributed by atoms with E-state index in [9.17, 15) is 13.2 Å². The zero-order valence-electron chi connectivity index (χ0n) is 10.4. The van der Waals surface area contributed by atoms with Crippen LogP contribution in [-0.4, -0.2) is 31.7 Å². The molecule has 6 nitrogen and oxygen atoms in total. The molecular weight excluding hydrogens is 293 g/mol. The molecule has 0 aromatic carbocycles. The molecule has 108 valence electrons. The van der Waals surface area contributed by atoms with Crippen molar-refractivity contribution in [1.82, 2.24) is 25.1 Å². The Morgan fingerprint density at radius 1 is 1.35 bits per heavy atom. The Kier molecular flexibility index (Phi) is 4.42. The quantitative estimate of drug-likeness (QED) is 0.827. The molecule has 0 aliphatic heterocycles. The predicted molar refractivity (Wildman–Crippen MR) is 66.3 cm³/mol. The summed E-state index contributed by atoms with van der Waals surface area (Å²) in [5, 5.41) is 9.49. The van der Waals surface area contributed by atoms with E-state index in [2.05, 4.69) is 30.5 Å². The number of rotatable bonds is 5. The van der Waals surface area contributed by atoms with Gasteiger partial charge in [-0.25, -0.2) is 15.0 Å². The van der Waals surface area contributed by atoms with Crippen LogP contribution in [0.4, 0.5) is 19.0 Å². The molecule has 20 heavy (non-hydrogen) atoms. The van der Waals surface area contributed by atoms with E-state index in [0.717, 1.165) is 18.2 Å². The van der Waals surface area contributed by atoms with Crippen molar-refractivity contribution in [2.24, 2.45) is 0 Å². The van der Waals surface area contributed by atoms with Crippen LogP contribution in [0.2, 0.25) is 0 Å². The molecular formula is C10H11F3N6S. The van der Waals surface area contributed by atoms with E-state index in [1.165, 1.54) is 12.4 Å². The summed E-state index contributed by atoms with van der Waals surface area (Å²) < 4.78 is 38.3. The average molecular weight is 304 g/mol. The average Bonchev–Trinajstić information content (AvgIpc) is 2.88. The molecule has 0 amide bonds. The van der Waals surface area contributed by atoms with Crippen molar-refractivity contribution in [3.8, 4) is 0 Å². The second kappa shape index (κ2) is 6.07. The maximum atomic E-state index is 12.8. The van der Waals surface area contributed by atoms with Crippen LogP contribution >= 0.6 is 11.8 Å². The first-order valence-corrected chi connectivity index (χ1v) is 6.54. The molecule has 0 fully saturated rings. The third-order valence-electron chi connectivity index (χ3n) is 2.11. The van der Waals surface area contributed by atoms with Crippen molar-refractivity contribution in [3.05, 3.63) is 18.2 Å². The fourth-order valence-electron chi connectivity index (χ4n) is 1.29. The zero-order valence-corrected chi connectivity index (χ0v) is 11.2. The van der Waals surface area contributed by atoms with Crippen LogP contribution in [0.3, 0.4) is 0 Å². The van der Waals surface area contributed by atoms with Gasteiger partial charge in [0.25, 0.3) is 0 Å². The molecule has 2 heterocycles. The number of nitrogens with zero attached hydrogens (tertiary/aromatic N) is 4. The summed E-state index contributed by atoms with van der Waals surface area (Å²) >= 11 is 0.952. The Morgan fingerprint density at radius 3 is 2.75 bits per heavy atom. The number of nitrogens with one attached hydrogen (secondary N) is 2. The van der Waals surface area contributed by atoms with E-state index >= 15 is 0 Å². The van der Waals surface area contributed by atoms with Crippen LogP contribution in [0.1, 0.15) is 19.2 Å². The fourth-order valence-corrected chi connectivity index (χ4v) is 1.99. The molecule has 0 unspecified atom stereocenters. The summed E-state index contributed by atoms with van der Waals surface area (Å²) in [6.07, 6.45) is -2.55. The van der Waals surface area contributed by atoms with Crippen LogP contribution < -0.4 is 5.32 Å². The van der Waals surface area contributed by atoms with Crippen molar-refractivity contribution in [3.63, 3.8) is 0 Å². The van der Waals surface area contributed by atoms with Gasteiger partial charge in [-0.05, 0) is 18.2 Å². The standard InChI is InChI=1S/C10H11F3N6S/c1-2-3-14-6-4-7(20-9-15-5-16-19-9)18-8(17-6)10(11,12)13/h4-5H,2-3H2,1H3,(H,14,17,18)(H,15,16,19). The molecule has 0 saturated heterocycles. The number of alkyl halides is 3. The molecule has 2 aromatic rings. The monoisotopic (exact) mass is 304 g/mol. The second-order valence-corrected chi connectivity index (χ2v) is 4.74. The molecule has 10 heteroatoms. The van der Waals surface area contributed by atoms with E-state index in [1.807, 2.05) is 6.92 Å². The van der Waals surface area contributed by atoms with Crippen molar-refractivity contribution in [2.45, 2.75) is 29.7 Å². The molecule has 2 aromatic heterocycles. The van der Waals surface area contributed by atoms with Gasteiger partial charge in [-0.15, -0.1) is 0 Å². The summed E-state index contributed by atoms with van der Waals surface area (Å²) in [6.45, 7) is 2.43. The summed E-state index contributed by atoms with van der Waals surface area (Å²) in [4.78, 5) is 10.8. The normalized spacial score (nSPS) is 11.6. The summed E-state index contributed by atoms with van der Waals surface area (Å²) in [5.41, 5.74) is 0. The van der Waals surface area contributed by atoms with Crippen LogP contribution in [0, 0.1) is 0 Å². The molecule has 0 aliphatic rings. The number of halogens is 3. The first kappa shape index (κ1) is 14.6. The van der Waals surface area contributed by atoms with E-state index in [0.29, 0.717) is 11.7 Å². The maximum absolute atomic E-state index is 12.8. The maximum Gasteiger partial charge on any atom is 0.451 e. The van der Waals surface area contributed by atoms with E-state index in [1.54, 1.807) is 0 Å². The van der Waals surface area contributed by atoms with Gasteiger partial charge >= 0.3 is 6.18 Å². The lowest BCUT2D eigenvalue weighted by atomic mass is 10.4. The van der Waals surface area contributed by atoms with Gasteiger partial charge in [-0.1, -0.05) is 6.92 Å². The number of hydrogen-bond acceptors (Lipinski definition) is 6. The molecule has 2 N–H and O–H groups in total. The highest BCUT2D eigenvalue weighted by Crippen LogP contribution is 2.31. The molecule has 0 spiro atoms. The first-order valence-electron chi connectivity index (χ1n) is 5.72. The van der Waals surface area contributed by atoms with E-state index < -0.39 is 12.0 Å². The van der Waals surface area contributed by atoms with Gasteiger partial charge in [0, 0.05) is 12.6 Å². The highest BCUT2D eigenvalue weighted by atomic mass is 32.2. The highest BCUT2D eigenvalue weighted by molar-refractivity contribution is 7.99. The molecule has 0 atom stereocenters. The van der Waals surface area contributed by atoms with Gasteiger partial charge in [-0.2, -0.15) is 18.3 Å². The predicted octanol–water partition coefficient (Wildman–Crippen LogP) is 2.59. The van der Waals surface area contributed by atoms with Gasteiger partial charge in [0.1, 0.15) is 17.2 Å². The van der Waals surface area contributed by atoms with Crippen LogP contribution in [-0.2, 0) is 6.18 Å². The third kappa shape index (κ3) is 3.83. The second-order valence-electron chi connectivity index (χ2n) is 3.73. The van der Waals surface area contributed by atoms with Crippen molar-refractivity contribution < 1.29 is 13.2 Å². The Bertz CT molecular complexity index is 557. The van der Waals surface area contributed by atoms with Gasteiger partial charge in [0.05, 0.1) is 0 Å². The summed E-state index contributed by atoms with van der Waals surface area (Å²) in [6, 6.07) is 1.44. The Hall–Kier alpha value is -1.84. The zero-order chi connectivity index (χ0) is 14.6. The van der Waals surface area contributed by atoms with Crippen LogP contribution in [0.5, 0.6) is 0 Å². The fraction of sp³-hybridized carbons (Fsp3) is 0.400. The lowest BCUT2D eigenvalue weighted by molar-refractivity contribution is -0.145. The van der Waals surface area contributed by atoms with E-state index in [4.69, 9.17) is 0 Å². The van der Waals surface area contributed by atoms with Gasteiger partial charge < -0.3 is 5.32 Å². The van der Waals surface area contributed by atoms with Crippen LogP contribution in [0.15, 0.2) is 22.6 Å². The van der Waals surface area contributed by atoms with Crippen molar-refractivity contribution in [2.75, 3.05) is 11.9 Å². The summed E-state index contributed by atoms with van der Waals surface area (Å²) in [5.74, 6) is -1.04. The lowest BCUT2D eigenvalue weighted by Crippen LogP contribution is -2.14. The number of aromatic nitrogens is 5. The number of anilines is 1. The van der Waals surface area contributed by atoms with Gasteiger partial charge in [-0.3, -0.25) is 5.10 Å². The molecule has 0 aliphatic carbocycles. The SMILES string of the molecule is CCCNc1cc(Sc2ncn[nH]2)nc(C(F)(F)F)n1.